The van der Waals surface area contributed by atoms with Gasteiger partial charge in [0.25, 0.3) is 5.69 Å². The van der Waals surface area contributed by atoms with Crippen LogP contribution in [0.1, 0.15) is 24.1 Å². The topological polar surface area (TPSA) is 75.5 Å². The van der Waals surface area contributed by atoms with Gasteiger partial charge in [-0.05, 0) is 44.7 Å². The van der Waals surface area contributed by atoms with Crippen LogP contribution in [0.2, 0.25) is 5.02 Å². The lowest BCUT2D eigenvalue weighted by Gasteiger charge is -2.24. The number of hydrogen-bond acceptors (Lipinski definition) is 4. The van der Waals surface area contributed by atoms with Crippen LogP contribution in [0.25, 0.3) is 0 Å². The molecular weight excluding hydrogens is 342 g/mol. The Bertz CT molecular complexity index is 795. The Balaban J connectivity index is 2.02. The largest absolute Gasteiger partial charge is 0.325 e. The van der Waals surface area contributed by atoms with Crippen LogP contribution in [0.4, 0.5) is 11.4 Å². The molecule has 2 aromatic rings. The van der Waals surface area contributed by atoms with Crippen molar-refractivity contribution in [2.45, 2.75) is 19.9 Å². The van der Waals surface area contributed by atoms with E-state index in [1.165, 1.54) is 6.07 Å². The predicted octanol–water partition coefficient (Wildman–Crippen LogP) is 4.19. The van der Waals surface area contributed by atoms with Crippen LogP contribution < -0.4 is 5.32 Å². The first-order chi connectivity index (χ1) is 11.8. The summed E-state index contributed by atoms with van der Waals surface area (Å²) in [6.45, 7) is 3.79. The zero-order valence-electron chi connectivity index (χ0n) is 14.3. The molecule has 25 heavy (non-hydrogen) atoms. The van der Waals surface area contributed by atoms with Gasteiger partial charge >= 0.3 is 0 Å². The van der Waals surface area contributed by atoms with E-state index in [1.807, 2.05) is 37.1 Å². The molecule has 132 valence electrons. The third-order valence-electron chi connectivity index (χ3n) is 4.07. The molecule has 0 saturated carbocycles. The summed E-state index contributed by atoms with van der Waals surface area (Å²) in [5.74, 6) is -0.241. The molecule has 2 aromatic carbocycles. The van der Waals surface area contributed by atoms with Crippen LogP contribution in [-0.4, -0.2) is 29.3 Å². The number of nitro benzene ring substituents is 1. The molecule has 1 N–H and O–H groups in total. The second-order valence-corrected chi connectivity index (χ2v) is 6.39. The maximum atomic E-state index is 12.2. The van der Waals surface area contributed by atoms with E-state index < -0.39 is 4.92 Å². The van der Waals surface area contributed by atoms with E-state index in [-0.39, 0.29) is 24.2 Å². The lowest BCUT2D eigenvalue weighted by atomic mass is 10.1. The number of nitrogens with one attached hydrogen (secondary N) is 1. The van der Waals surface area contributed by atoms with E-state index in [1.54, 1.807) is 25.1 Å². The maximum absolute atomic E-state index is 12.2. The molecule has 2 rings (SSSR count). The average molecular weight is 362 g/mol. The molecule has 0 radical (unpaired) electrons. The smallest absolute Gasteiger partial charge is 0.274 e. The van der Waals surface area contributed by atoms with Gasteiger partial charge in [-0.1, -0.05) is 29.8 Å². The van der Waals surface area contributed by atoms with Crippen molar-refractivity contribution in [1.82, 2.24) is 4.90 Å². The quantitative estimate of drug-likeness (QED) is 0.618. The second-order valence-electron chi connectivity index (χ2n) is 5.95. The van der Waals surface area contributed by atoms with Gasteiger partial charge in [0.2, 0.25) is 5.91 Å². The zero-order valence-corrected chi connectivity index (χ0v) is 15.1. The SMILES string of the molecule is Cc1ccc(NC(=O)CN(C)C(C)c2cccc(Cl)c2)cc1[N+](=O)[O-]. The van der Waals surface area contributed by atoms with E-state index in [2.05, 4.69) is 5.32 Å². The number of amides is 1. The molecular formula is C18H20ClN3O3. The van der Waals surface area contributed by atoms with Gasteiger partial charge in [-0.25, -0.2) is 0 Å². The highest BCUT2D eigenvalue weighted by molar-refractivity contribution is 6.30. The van der Waals surface area contributed by atoms with E-state index in [0.29, 0.717) is 16.3 Å². The van der Waals surface area contributed by atoms with E-state index in [0.717, 1.165) is 5.56 Å². The summed E-state index contributed by atoms with van der Waals surface area (Å²) in [5.41, 5.74) is 1.95. The molecule has 0 aliphatic heterocycles. The molecule has 0 heterocycles. The van der Waals surface area contributed by atoms with Crippen molar-refractivity contribution in [3.63, 3.8) is 0 Å². The summed E-state index contributed by atoms with van der Waals surface area (Å²) in [7, 11) is 1.84. The van der Waals surface area contributed by atoms with Crippen molar-refractivity contribution in [1.29, 1.82) is 0 Å². The van der Waals surface area contributed by atoms with Crippen LogP contribution in [0.15, 0.2) is 42.5 Å². The Morgan fingerprint density at radius 1 is 1.32 bits per heavy atom. The maximum Gasteiger partial charge on any atom is 0.274 e. The monoisotopic (exact) mass is 361 g/mol. The molecule has 6 nitrogen and oxygen atoms in total. The van der Waals surface area contributed by atoms with Crippen molar-refractivity contribution in [3.8, 4) is 0 Å². The van der Waals surface area contributed by atoms with Crippen LogP contribution >= 0.6 is 11.6 Å². The van der Waals surface area contributed by atoms with Gasteiger partial charge in [-0.2, -0.15) is 0 Å². The Kier molecular flexibility index (Phi) is 6.12. The number of aryl methyl sites for hydroxylation is 1. The molecule has 0 aliphatic carbocycles. The van der Waals surface area contributed by atoms with Crippen LogP contribution in [-0.2, 0) is 4.79 Å². The fourth-order valence-electron chi connectivity index (χ4n) is 2.47. The predicted molar refractivity (Wildman–Crippen MR) is 99.0 cm³/mol. The molecule has 0 aromatic heterocycles. The molecule has 0 saturated heterocycles. The Hall–Kier alpha value is -2.44. The van der Waals surface area contributed by atoms with Gasteiger partial charge in [0.1, 0.15) is 0 Å². The number of carbonyl (C=O) groups is 1. The first kappa shape index (κ1) is 18.9. The fourth-order valence-corrected chi connectivity index (χ4v) is 2.67. The molecule has 0 fully saturated rings. The highest BCUT2D eigenvalue weighted by Crippen LogP contribution is 2.23. The number of anilines is 1. The zero-order chi connectivity index (χ0) is 18.6. The summed E-state index contributed by atoms with van der Waals surface area (Å²) in [6.07, 6.45) is 0. The van der Waals surface area contributed by atoms with Gasteiger partial charge in [0.15, 0.2) is 0 Å². The van der Waals surface area contributed by atoms with E-state index >= 15 is 0 Å². The number of rotatable bonds is 6. The Labute approximate surface area is 151 Å². The Morgan fingerprint density at radius 2 is 2.04 bits per heavy atom. The van der Waals surface area contributed by atoms with Crippen molar-refractivity contribution >= 4 is 28.9 Å². The molecule has 0 aliphatic rings. The van der Waals surface area contributed by atoms with Gasteiger partial charge in [-0.15, -0.1) is 0 Å². The first-order valence-corrected chi connectivity index (χ1v) is 8.16. The summed E-state index contributed by atoms with van der Waals surface area (Å²) < 4.78 is 0. The molecule has 0 spiro atoms. The summed E-state index contributed by atoms with van der Waals surface area (Å²) in [4.78, 5) is 24.6. The second kappa shape index (κ2) is 8.09. The highest BCUT2D eigenvalue weighted by atomic mass is 35.5. The lowest BCUT2D eigenvalue weighted by molar-refractivity contribution is -0.385. The normalized spacial score (nSPS) is 12.0. The first-order valence-electron chi connectivity index (χ1n) is 7.78. The van der Waals surface area contributed by atoms with Crippen molar-refractivity contribution < 1.29 is 9.72 Å². The average Bonchev–Trinajstić information content (AvgIpc) is 2.55. The molecule has 0 bridgehead atoms. The summed E-state index contributed by atoms with van der Waals surface area (Å²) in [5, 5.41) is 14.3. The van der Waals surface area contributed by atoms with Gasteiger partial charge < -0.3 is 5.32 Å². The van der Waals surface area contributed by atoms with Crippen LogP contribution in [0.5, 0.6) is 0 Å². The molecule has 1 amide bonds. The van der Waals surface area contributed by atoms with E-state index in [4.69, 9.17) is 11.6 Å². The van der Waals surface area contributed by atoms with Crippen molar-refractivity contribution in [2.24, 2.45) is 0 Å². The minimum Gasteiger partial charge on any atom is -0.325 e. The molecule has 7 heteroatoms. The van der Waals surface area contributed by atoms with Crippen LogP contribution in [0, 0.1) is 17.0 Å². The third kappa shape index (κ3) is 5.01. The van der Waals surface area contributed by atoms with Gasteiger partial charge in [0, 0.05) is 28.4 Å². The molecule has 1 unspecified atom stereocenters. The van der Waals surface area contributed by atoms with Crippen molar-refractivity contribution in [2.75, 3.05) is 18.9 Å². The summed E-state index contributed by atoms with van der Waals surface area (Å²) >= 11 is 6.01. The molecule has 1 atom stereocenters. The minimum atomic E-state index is -0.460. The minimum absolute atomic E-state index is 0.00296. The van der Waals surface area contributed by atoms with E-state index in [9.17, 15) is 14.9 Å². The number of halogens is 1. The number of hydrogen-bond donors (Lipinski definition) is 1. The van der Waals surface area contributed by atoms with Gasteiger partial charge in [0.05, 0.1) is 11.5 Å². The standard InChI is InChI=1S/C18H20ClN3O3/c1-12-7-8-16(10-17(12)22(24)25)20-18(23)11-21(3)13(2)14-5-4-6-15(19)9-14/h4-10,13H,11H2,1-3H3,(H,20,23). The number of nitrogens with zero attached hydrogens (tertiary/aromatic N) is 2. The van der Waals surface area contributed by atoms with Crippen LogP contribution in [0.3, 0.4) is 0 Å². The third-order valence-corrected chi connectivity index (χ3v) is 4.31. The lowest BCUT2D eigenvalue weighted by Crippen LogP contribution is -2.32. The Morgan fingerprint density at radius 3 is 2.68 bits per heavy atom. The highest BCUT2D eigenvalue weighted by Gasteiger charge is 2.17. The van der Waals surface area contributed by atoms with Gasteiger partial charge in [-0.3, -0.25) is 19.8 Å². The number of nitro groups is 1. The van der Waals surface area contributed by atoms with Crippen molar-refractivity contribution in [3.05, 3.63) is 68.7 Å². The number of carbonyl (C=O) groups excluding carboxylic acids is 1. The summed E-state index contributed by atoms with van der Waals surface area (Å²) in [6, 6.07) is 12.1. The number of likely N-dealkylation sites (N-methyl/N-ethyl adjacent to an activating group) is 1. The number of benzene rings is 2. The fraction of sp³-hybridized carbons (Fsp3) is 0.278.